The fraction of sp³-hybridized carbons (Fsp3) is 0.316. The summed E-state index contributed by atoms with van der Waals surface area (Å²) in [6.07, 6.45) is 1.94. The van der Waals surface area contributed by atoms with Gasteiger partial charge in [0.1, 0.15) is 0 Å². The second-order valence-corrected chi connectivity index (χ2v) is 5.63. The van der Waals surface area contributed by atoms with Crippen LogP contribution in [-0.2, 0) is 12.8 Å². The molecule has 20 heavy (non-hydrogen) atoms. The molecule has 1 nitrogen and oxygen atoms in total. The Balaban J connectivity index is 2.25. The van der Waals surface area contributed by atoms with Crippen LogP contribution in [0.15, 0.2) is 48.5 Å². The maximum absolute atomic E-state index is 12.6. The summed E-state index contributed by atoms with van der Waals surface area (Å²) in [5.41, 5.74) is 4.01. The SMILES string of the molecule is CCc1ccccc1C(=O)c1ccc(CC(C)C)cc1. The molecule has 0 aromatic heterocycles. The van der Waals surface area contributed by atoms with E-state index in [1.807, 2.05) is 36.4 Å². The highest BCUT2D eigenvalue weighted by Gasteiger charge is 2.12. The Labute approximate surface area is 121 Å². The van der Waals surface area contributed by atoms with Gasteiger partial charge >= 0.3 is 0 Å². The van der Waals surface area contributed by atoms with Crippen molar-refractivity contribution < 1.29 is 4.79 Å². The molecule has 0 aliphatic carbocycles. The van der Waals surface area contributed by atoms with E-state index in [1.165, 1.54) is 5.56 Å². The van der Waals surface area contributed by atoms with Crippen molar-refractivity contribution in [2.75, 3.05) is 0 Å². The summed E-state index contributed by atoms with van der Waals surface area (Å²) in [6, 6.07) is 15.9. The molecule has 2 rings (SSSR count). The van der Waals surface area contributed by atoms with Gasteiger partial charge in [0.2, 0.25) is 0 Å². The molecule has 0 atom stereocenters. The standard InChI is InChI=1S/C19H22O/c1-4-16-7-5-6-8-18(16)19(20)17-11-9-15(10-12-17)13-14(2)3/h5-12,14H,4,13H2,1-3H3. The molecule has 2 aromatic rings. The van der Waals surface area contributed by atoms with Crippen molar-refractivity contribution in [3.05, 3.63) is 70.8 Å². The van der Waals surface area contributed by atoms with Crippen LogP contribution in [0.25, 0.3) is 0 Å². The smallest absolute Gasteiger partial charge is 0.193 e. The second-order valence-electron chi connectivity index (χ2n) is 5.63. The van der Waals surface area contributed by atoms with Crippen molar-refractivity contribution in [1.29, 1.82) is 0 Å². The lowest BCUT2D eigenvalue weighted by atomic mass is 9.95. The van der Waals surface area contributed by atoms with Gasteiger partial charge in [0.15, 0.2) is 5.78 Å². The van der Waals surface area contributed by atoms with E-state index in [9.17, 15) is 4.79 Å². The first-order valence-electron chi connectivity index (χ1n) is 7.33. The summed E-state index contributed by atoms with van der Waals surface area (Å²) >= 11 is 0. The molecule has 1 heteroatoms. The molecule has 0 aliphatic heterocycles. The van der Waals surface area contributed by atoms with Crippen LogP contribution in [0, 0.1) is 5.92 Å². The molecule has 0 spiro atoms. The Bertz CT molecular complexity index is 579. The van der Waals surface area contributed by atoms with Crippen LogP contribution >= 0.6 is 0 Å². The largest absolute Gasteiger partial charge is 0.289 e. The van der Waals surface area contributed by atoms with Gasteiger partial charge in [-0.05, 0) is 29.9 Å². The molecular formula is C19H22O. The molecule has 0 heterocycles. The Hall–Kier alpha value is -1.89. The van der Waals surface area contributed by atoms with E-state index in [2.05, 4.69) is 32.9 Å². The van der Waals surface area contributed by atoms with Gasteiger partial charge in [0.05, 0.1) is 0 Å². The van der Waals surface area contributed by atoms with Crippen molar-refractivity contribution in [3.8, 4) is 0 Å². The van der Waals surface area contributed by atoms with Crippen molar-refractivity contribution in [3.63, 3.8) is 0 Å². The highest BCUT2D eigenvalue weighted by molar-refractivity contribution is 6.09. The van der Waals surface area contributed by atoms with E-state index in [0.717, 1.165) is 29.5 Å². The van der Waals surface area contributed by atoms with Crippen molar-refractivity contribution in [2.45, 2.75) is 33.6 Å². The molecule has 0 aliphatic rings. The zero-order valence-corrected chi connectivity index (χ0v) is 12.5. The van der Waals surface area contributed by atoms with Gasteiger partial charge in [0.25, 0.3) is 0 Å². The molecule has 0 saturated carbocycles. The van der Waals surface area contributed by atoms with Crippen molar-refractivity contribution in [2.24, 2.45) is 5.92 Å². The van der Waals surface area contributed by atoms with Crippen LogP contribution in [0.4, 0.5) is 0 Å². The molecule has 0 fully saturated rings. The molecule has 0 saturated heterocycles. The Morgan fingerprint density at radius 3 is 2.25 bits per heavy atom. The predicted molar refractivity (Wildman–Crippen MR) is 84.2 cm³/mol. The number of hydrogen-bond acceptors (Lipinski definition) is 1. The predicted octanol–water partition coefficient (Wildman–Crippen LogP) is 4.68. The minimum atomic E-state index is 0.124. The third-order valence-corrected chi connectivity index (χ3v) is 3.50. The summed E-state index contributed by atoms with van der Waals surface area (Å²) in [5, 5.41) is 0. The summed E-state index contributed by atoms with van der Waals surface area (Å²) in [6.45, 7) is 6.49. The molecule has 0 radical (unpaired) electrons. The maximum Gasteiger partial charge on any atom is 0.193 e. The molecule has 0 amide bonds. The topological polar surface area (TPSA) is 17.1 Å². The van der Waals surface area contributed by atoms with Crippen LogP contribution in [0.5, 0.6) is 0 Å². The van der Waals surface area contributed by atoms with E-state index in [-0.39, 0.29) is 5.78 Å². The fourth-order valence-corrected chi connectivity index (χ4v) is 2.47. The lowest BCUT2D eigenvalue weighted by Crippen LogP contribution is -2.05. The highest BCUT2D eigenvalue weighted by atomic mass is 16.1. The van der Waals surface area contributed by atoms with E-state index in [1.54, 1.807) is 0 Å². The van der Waals surface area contributed by atoms with Gasteiger partial charge in [-0.25, -0.2) is 0 Å². The van der Waals surface area contributed by atoms with E-state index in [0.29, 0.717) is 5.92 Å². The van der Waals surface area contributed by atoms with E-state index in [4.69, 9.17) is 0 Å². The van der Waals surface area contributed by atoms with Crippen LogP contribution in [0.2, 0.25) is 0 Å². The third kappa shape index (κ3) is 3.36. The molecule has 2 aromatic carbocycles. The number of aryl methyl sites for hydroxylation is 1. The zero-order chi connectivity index (χ0) is 14.5. The second kappa shape index (κ2) is 6.51. The first-order valence-corrected chi connectivity index (χ1v) is 7.33. The van der Waals surface area contributed by atoms with Gasteiger partial charge in [-0.15, -0.1) is 0 Å². The fourth-order valence-electron chi connectivity index (χ4n) is 2.47. The maximum atomic E-state index is 12.6. The lowest BCUT2D eigenvalue weighted by Gasteiger charge is -2.08. The van der Waals surface area contributed by atoms with Gasteiger partial charge in [-0.1, -0.05) is 69.3 Å². The Morgan fingerprint density at radius 1 is 1.00 bits per heavy atom. The van der Waals surface area contributed by atoms with Crippen LogP contribution in [0.3, 0.4) is 0 Å². The van der Waals surface area contributed by atoms with Gasteiger partial charge in [-0.2, -0.15) is 0 Å². The molecule has 0 N–H and O–H groups in total. The molecule has 0 bridgehead atoms. The van der Waals surface area contributed by atoms with Crippen molar-refractivity contribution in [1.82, 2.24) is 0 Å². The summed E-state index contributed by atoms with van der Waals surface area (Å²) in [7, 11) is 0. The normalized spacial score (nSPS) is 10.8. The lowest BCUT2D eigenvalue weighted by molar-refractivity contribution is 0.103. The first kappa shape index (κ1) is 14.5. The first-order chi connectivity index (χ1) is 9.61. The minimum Gasteiger partial charge on any atom is -0.289 e. The average molecular weight is 266 g/mol. The monoisotopic (exact) mass is 266 g/mol. The molecular weight excluding hydrogens is 244 g/mol. The quantitative estimate of drug-likeness (QED) is 0.718. The van der Waals surface area contributed by atoms with Gasteiger partial charge < -0.3 is 0 Å². The average Bonchev–Trinajstić information content (AvgIpc) is 2.46. The number of carbonyl (C=O) groups excluding carboxylic acids is 1. The number of hydrogen-bond donors (Lipinski definition) is 0. The van der Waals surface area contributed by atoms with Gasteiger partial charge in [0, 0.05) is 11.1 Å². The van der Waals surface area contributed by atoms with Gasteiger partial charge in [-0.3, -0.25) is 4.79 Å². The number of ketones is 1. The summed E-state index contributed by atoms with van der Waals surface area (Å²) in [4.78, 5) is 12.6. The van der Waals surface area contributed by atoms with E-state index < -0.39 is 0 Å². The Kier molecular flexibility index (Phi) is 4.73. The molecule has 104 valence electrons. The number of benzene rings is 2. The van der Waals surface area contributed by atoms with Crippen LogP contribution < -0.4 is 0 Å². The van der Waals surface area contributed by atoms with E-state index >= 15 is 0 Å². The molecule has 0 unspecified atom stereocenters. The number of rotatable bonds is 5. The third-order valence-electron chi connectivity index (χ3n) is 3.50. The number of carbonyl (C=O) groups is 1. The van der Waals surface area contributed by atoms with Crippen LogP contribution in [0.1, 0.15) is 47.8 Å². The van der Waals surface area contributed by atoms with Crippen molar-refractivity contribution >= 4 is 5.78 Å². The zero-order valence-electron chi connectivity index (χ0n) is 12.5. The Morgan fingerprint density at radius 2 is 1.65 bits per heavy atom. The minimum absolute atomic E-state index is 0.124. The summed E-state index contributed by atoms with van der Waals surface area (Å²) in [5.74, 6) is 0.760. The summed E-state index contributed by atoms with van der Waals surface area (Å²) < 4.78 is 0. The highest BCUT2D eigenvalue weighted by Crippen LogP contribution is 2.17. The van der Waals surface area contributed by atoms with Crippen LogP contribution in [-0.4, -0.2) is 5.78 Å².